The molecule has 2 heterocycles. The Balaban J connectivity index is 1.81. The Bertz CT molecular complexity index is 545. The summed E-state index contributed by atoms with van der Waals surface area (Å²) in [4.78, 5) is 51.0. The molecule has 1 saturated carbocycles. The zero-order chi connectivity index (χ0) is 15.8. The number of carbonyl (C=O) groups is 4. The summed E-state index contributed by atoms with van der Waals surface area (Å²) >= 11 is 0. The Kier molecular flexibility index (Phi) is 2.62. The van der Waals surface area contributed by atoms with E-state index in [0.29, 0.717) is 0 Å². The van der Waals surface area contributed by atoms with Gasteiger partial charge in [0.2, 0.25) is 23.6 Å². The van der Waals surface area contributed by atoms with Crippen molar-refractivity contribution in [1.82, 2.24) is 9.80 Å². The van der Waals surface area contributed by atoms with E-state index < -0.39 is 72.6 Å². The molecule has 2 N–H and O–H groups in total. The lowest BCUT2D eigenvalue weighted by atomic mass is 9.54. The molecular weight excluding hydrogens is 292 g/mol. The van der Waals surface area contributed by atoms with Crippen molar-refractivity contribution in [3.63, 3.8) is 0 Å². The Labute approximate surface area is 125 Å². The number of imide groups is 2. The number of aliphatic hydroxyl groups is 2. The zero-order valence-electron chi connectivity index (χ0n) is 11.5. The van der Waals surface area contributed by atoms with Gasteiger partial charge in [-0.05, 0) is 0 Å². The molecular formula is C14H14N2O6. The predicted molar refractivity (Wildman–Crippen MR) is 68.0 cm³/mol. The number of amides is 4. The maximum atomic E-state index is 12.4. The molecule has 4 atom stereocenters. The maximum Gasteiger partial charge on any atom is 0.235 e. The molecule has 0 unspecified atom stereocenters. The Morgan fingerprint density at radius 2 is 0.955 bits per heavy atom. The van der Waals surface area contributed by atoms with E-state index in [1.165, 1.54) is 0 Å². The highest BCUT2D eigenvalue weighted by atomic mass is 16.3. The molecule has 5 rings (SSSR count). The summed E-state index contributed by atoms with van der Waals surface area (Å²) in [6, 6.07) is 0. The van der Waals surface area contributed by atoms with Gasteiger partial charge in [0.1, 0.15) is 13.5 Å². The second-order valence-corrected chi connectivity index (χ2v) is 6.13. The van der Waals surface area contributed by atoms with Crippen LogP contribution in [0.2, 0.25) is 0 Å². The van der Waals surface area contributed by atoms with Crippen LogP contribution in [0.3, 0.4) is 0 Å². The van der Waals surface area contributed by atoms with Gasteiger partial charge in [0.05, 0.1) is 23.7 Å². The van der Waals surface area contributed by atoms with Crippen molar-refractivity contribution >= 4 is 23.6 Å². The van der Waals surface area contributed by atoms with Crippen LogP contribution in [0.5, 0.6) is 0 Å². The molecule has 2 saturated heterocycles. The SMILES string of the molecule is O=C1[C@@H]2C3C=CC([C@H]2C(=O)N1CO)[C@H]1C(=O)N(CO)C(=O)[C@H]31. The van der Waals surface area contributed by atoms with E-state index in [9.17, 15) is 29.4 Å². The van der Waals surface area contributed by atoms with Gasteiger partial charge in [-0.2, -0.15) is 0 Å². The van der Waals surface area contributed by atoms with Gasteiger partial charge < -0.3 is 10.2 Å². The third kappa shape index (κ3) is 1.30. The van der Waals surface area contributed by atoms with E-state index in [1.54, 1.807) is 12.2 Å². The van der Waals surface area contributed by atoms with Gasteiger partial charge in [-0.3, -0.25) is 29.0 Å². The van der Waals surface area contributed by atoms with Crippen LogP contribution in [0.4, 0.5) is 0 Å². The first-order valence-corrected chi connectivity index (χ1v) is 7.13. The van der Waals surface area contributed by atoms with Crippen molar-refractivity contribution < 1.29 is 29.4 Å². The monoisotopic (exact) mass is 306 g/mol. The number of rotatable bonds is 2. The normalized spacial score (nSPS) is 42.5. The number of nitrogens with zero attached hydrogens (tertiary/aromatic N) is 2. The fraction of sp³-hybridized carbons (Fsp3) is 0.571. The highest BCUT2D eigenvalue weighted by molar-refractivity contribution is 6.10. The minimum Gasteiger partial charge on any atom is -0.376 e. The molecule has 0 aromatic carbocycles. The molecule has 8 heteroatoms. The van der Waals surface area contributed by atoms with E-state index in [1.807, 2.05) is 0 Å². The van der Waals surface area contributed by atoms with Crippen LogP contribution in [0.1, 0.15) is 0 Å². The topological polar surface area (TPSA) is 115 Å². The van der Waals surface area contributed by atoms with Gasteiger partial charge >= 0.3 is 0 Å². The summed E-state index contributed by atoms with van der Waals surface area (Å²) in [7, 11) is 0. The van der Waals surface area contributed by atoms with Crippen LogP contribution >= 0.6 is 0 Å². The second-order valence-electron chi connectivity index (χ2n) is 6.13. The number of aliphatic hydroxyl groups excluding tert-OH is 2. The number of hydrogen-bond donors (Lipinski definition) is 2. The van der Waals surface area contributed by atoms with Gasteiger partial charge in [-0.25, -0.2) is 0 Å². The molecule has 0 aromatic heterocycles. The summed E-state index contributed by atoms with van der Waals surface area (Å²) in [6.45, 7) is -1.38. The Morgan fingerprint density at radius 1 is 0.682 bits per heavy atom. The Hall–Kier alpha value is -2.06. The molecule has 116 valence electrons. The zero-order valence-corrected chi connectivity index (χ0v) is 11.5. The first kappa shape index (κ1) is 13.6. The standard InChI is InChI=1S/C14H14N2O6/c17-3-15-11(19)7-5-1-2-6(9(7)13(15)21)10-8(5)12(20)16(4-18)14(10)22/h1-2,5-10,17-18H,3-4H2/t5?,6?,7-,8-,9-,10-/m1/s1. The van der Waals surface area contributed by atoms with E-state index in [0.717, 1.165) is 9.80 Å². The molecule has 3 aliphatic carbocycles. The van der Waals surface area contributed by atoms with Gasteiger partial charge in [0.25, 0.3) is 0 Å². The molecule has 8 nitrogen and oxygen atoms in total. The molecule has 4 amide bonds. The molecule has 2 aliphatic heterocycles. The molecule has 0 spiro atoms. The van der Waals surface area contributed by atoms with Crippen LogP contribution in [0.25, 0.3) is 0 Å². The maximum absolute atomic E-state index is 12.4. The fourth-order valence-electron chi connectivity index (χ4n) is 4.63. The highest BCUT2D eigenvalue weighted by Gasteiger charge is 2.68. The summed E-state index contributed by atoms with van der Waals surface area (Å²) in [5.41, 5.74) is 0. The smallest absolute Gasteiger partial charge is 0.235 e. The van der Waals surface area contributed by atoms with Crippen molar-refractivity contribution in [3.05, 3.63) is 12.2 Å². The fourth-order valence-corrected chi connectivity index (χ4v) is 4.63. The average molecular weight is 306 g/mol. The van der Waals surface area contributed by atoms with E-state index in [2.05, 4.69) is 0 Å². The average Bonchev–Trinajstić information content (AvgIpc) is 2.94. The lowest BCUT2D eigenvalue weighted by molar-refractivity contribution is -0.144. The third-order valence-corrected chi connectivity index (χ3v) is 5.48. The van der Waals surface area contributed by atoms with Gasteiger partial charge in [-0.15, -0.1) is 0 Å². The molecule has 3 fully saturated rings. The third-order valence-electron chi connectivity index (χ3n) is 5.48. The molecule has 5 aliphatic rings. The minimum atomic E-state index is -0.703. The predicted octanol–water partition coefficient (Wildman–Crippen LogP) is -2.10. The van der Waals surface area contributed by atoms with E-state index in [-0.39, 0.29) is 0 Å². The largest absolute Gasteiger partial charge is 0.376 e. The molecule has 0 radical (unpaired) electrons. The van der Waals surface area contributed by atoms with Crippen LogP contribution in [0.15, 0.2) is 12.2 Å². The van der Waals surface area contributed by atoms with Crippen LogP contribution in [-0.4, -0.2) is 57.1 Å². The molecule has 2 bridgehead atoms. The van der Waals surface area contributed by atoms with Crippen LogP contribution in [0, 0.1) is 35.5 Å². The highest BCUT2D eigenvalue weighted by Crippen LogP contribution is 2.57. The van der Waals surface area contributed by atoms with Crippen molar-refractivity contribution in [2.75, 3.05) is 13.5 Å². The van der Waals surface area contributed by atoms with Crippen LogP contribution < -0.4 is 0 Å². The summed E-state index contributed by atoms with van der Waals surface area (Å²) in [5, 5.41) is 18.4. The first-order chi connectivity index (χ1) is 10.5. The summed E-state index contributed by atoms with van der Waals surface area (Å²) < 4.78 is 0. The van der Waals surface area contributed by atoms with Crippen molar-refractivity contribution in [2.45, 2.75) is 0 Å². The summed E-state index contributed by atoms with van der Waals surface area (Å²) in [6.07, 6.45) is 3.45. The Morgan fingerprint density at radius 3 is 1.18 bits per heavy atom. The number of hydrogen-bond acceptors (Lipinski definition) is 6. The van der Waals surface area contributed by atoms with Gasteiger partial charge in [0, 0.05) is 11.8 Å². The minimum absolute atomic E-state index is 0.488. The lowest BCUT2D eigenvalue weighted by Gasteiger charge is -2.44. The van der Waals surface area contributed by atoms with Gasteiger partial charge in [0.15, 0.2) is 0 Å². The van der Waals surface area contributed by atoms with Crippen molar-refractivity contribution in [3.8, 4) is 0 Å². The quantitative estimate of drug-likeness (QED) is 0.446. The van der Waals surface area contributed by atoms with Crippen molar-refractivity contribution in [1.29, 1.82) is 0 Å². The molecule has 0 aromatic rings. The van der Waals surface area contributed by atoms with Crippen LogP contribution in [-0.2, 0) is 19.2 Å². The van der Waals surface area contributed by atoms with E-state index in [4.69, 9.17) is 0 Å². The second kappa shape index (κ2) is 4.23. The molecule has 22 heavy (non-hydrogen) atoms. The number of allylic oxidation sites excluding steroid dienone is 2. The van der Waals surface area contributed by atoms with Crippen molar-refractivity contribution in [2.24, 2.45) is 35.5 Å². The summed E-state index contributed by atoms with van der Waals surface area (Å²) in [5.74, 6) is -5.84. The number of likely N-dealkylation sites (tertiary alicyclic amines) is 2. The first-order valence-electron chi connectivity index (χ1n) is 7.13. The lowest BCUT2D eigenvalue weighted by Crippen LogP contribution is -2.50. The van der Waals surface area contributed by atoms with E-state index >= 15 is 0 Å². The number of carbonyl (C=O) groups excluding carboxylic acids is 4. The van der Waals surface area contributed by atoms with Gasteiger partial charge in [-0.1, -0.05) is 12.2 Å².